The molecule has 0 unspecified atom stereocenters. The number of aliphatic hydroxyl groups excluding tert-OH is 2. The quantitative estimate of drug-likeness (QED) is 0.0981. The lowest BCUT2D eigenvalue weighted by atomic mass is 10.7. The van der Waals surface area contributed by atoms with E-state index in [-0.39, 0.29) is 13.2 Å². The predicted octanol–water partition coefficient (Wildman–Crippen LogP) is -3.80. The molecule has 12 nitrogen and oxygen atoms in total. The van der Waals surface area contributed by atoms with Crippen LogP contribution in [0.3, 0.4) is 0 Å². The van der Waals surface area contributed by atoms with Crippen LogP contribution in [0, 0.1) is 10.8 Å². The third kappa shape index (κ3) is 162. The maximum atomic E-state index is 8.35. The van der Waals surface area contributed by atoms with Gasteiger partial charge in [-0.3, -0.25) is 0 Å². The van der Waals surface area contributed by atoms with Gasteiger partial charge in [-0.05, 0) is 0 Å². The molecule has 0 aromatic carbocycles. The number of rotatable bonds is 7. The highest BCUT2D eigenvalue weighted by Gasteiger charge is 2.22. The molecule has 0 rings (SSSR count). The molecule has 0 atom stereocenters. The SMILES string of the molecule is N=C=O.N=C=O.OCCOCCOCCO.O[Si](O)(O)O. The highest BCUT2D eigenvalue weighted by atomic mass is 28.4. The second kappa shape index (κ2) is 27.1. The molecule has 13 heteroatoms. The van der Waals surface area contributed by atoms with Gasteiger partial charge in [0.2, 0.25) is 12.2 Å². The number of isocyanates is 2. The number of nitrogens with one attached hydrogen (secondary N) is 2. The maximum absolute atomic E-state index is 8.35. The molecule has 126 valence electrons. The fourth-order valence-electron chi connectivity index (χ4n) is 0.451. The molecule has 0 radical (unpaired) electrons. The molecule has 0 fully saturated rings. The zero-order valence-electron chi connectivity index (χ0n) is 11.1. The summed E-state index contributed by atoms with van der Waals surface area (Å²) in [6, 6.07) is 0. The summed E-state index contributed by atoms with van der Waals surface area (Å²) in [5.41, 5.74) is 0. The lowest BCUT2D eigenvalue weighted by Crippen LogP contribution is -2.33. The van der Waals surface area contributed by atoms with Crippen molar-refractivity contribution >= 4 is 21.2 Å². The summed E-state index contributed by atoms with van der Waals surface area (Å²) in [7, 11) is -4.61. The van der Waals surface area contributed by atoms with Crippen LogP contribution in [0.2, 0.25) is 0 Å². The normalized spacial score (nSPS) is 8.48. The fraction of sp³-hybridized carbons (Fsp3) is 0.750. The Morgan fingerprint density at radius 3 is 1.10 bits per heavy atom. The van der Waals surface area contributed by atoms with Crippen molar-refractivity contribution in [3.8, 4) is 0 Å². The Bertz CT molecular complexity index is 222. The summed E-state index contributed by atoms with van der Waals surface area (Å²) in [5.74, 6) is 0. The summed E-state index contributed by atoms with van der Waals surface area (Å²) < 4.78 is 9.75. The van der Waals surface area contributed by atoms with E-state index in [1.165, 1.54) is 0 Å². The molecule has 0 heterocycles. The van der Waals surface area contributed by atoms with Crippen molar-refractivity contribution in [2.45, 2.75) is 0 Å². The van der Waals surface area contributed by atoms with Gasteiger partial charge in [-0.1, -0.05) is 0 Å². The van der Waals surface area contributed by atoms with E-state index in [0.717, 1.165) is 12.2 Å². The molecule has 0 aliphatic heterocycles. The van der Waals surface area contributed by atoms with Crippen molar-refractivity contribution in [2.75, 3.05) is 39.6 Å². The van der Waals surface area contributed by atoms with E-state index in [9.17, 15) is 0 Å². The highest BCUT2D eigenvalue weighted by molar-refractivity contribution is 6.46. The van der Waals surface area contributed by atoms with E-state index < -0.39 is 9.05 Å². The van der Waals surface area contributed by atoms with Gasteiger partial charge in [0, 0.05) is 0 Å². The van der Waals surface area contributed by atoms with Crippen molar-refractivity contribution in [3.63, 3.8) is 0 Å². The first kappa shape index (κ1) is 27.9. The Morgan fingerprint density at radius 2 is 0.952 bits per heavy atom. The average Bonchev–Trinajstić information content (AvgIpc) is 2.34. The van der Waals surface area contributed by atoms with Gasteiger partial charge >= 0.3 is 9.05 Å². The van der Waals surface area contributed by atoms with Gasteiger partial charge in [-0.2, -0.15) is 0 Å². The zero-order valence-corrected chi connectivity index (χ0v) is 12.1. The molecule has 0 aliphatic rings. The molecule has 8 N–H and O–H groups in total. The van der Waals surface area contributed by atoms with Crippen LogP contribution in [0.25, 0.3) is 0 Å². The van der Waals surface area contributed by atoms with Gasteiger partial charge < -0.3 is 38.9 Å². The van der Waals surface area contributed by atoms with Crippen LogP contribution < -0.4 is 0 Å². The van der Waals surface area contributed by atoms with Crippen molar-refractivity contribution < 1.29 is 48.5 Å². The van der Waals surface area contributed by atoms with E-state index in [2.05, 4.69) is 0 Å². The van der Waals surface area contributed by atoms with Gasteiger partial charge in [0.15, 0.2) is 0 Å². The van der Waals surface area contributed by atoms with Crippen LogP contribution in [0.1, 0.15) is 0 Å². The van der Waals surface area contributed by atoms with Crippen LogP contribution in [-0.2, 0) is 19.1 Å². The third-order valence-corrected chi connectivity index (χ3v) is 0.843. The lowest BCUT2D eigenvalue weighted by molar-refractivity contribution is 0.0222. The van der Waals surface area contributed by atoms with E-state index in [0.29, 0.717) is 26.4 Å². The smallest absolute Gasteiger partial charge is 0.394 e. The molecule has 0 aromatic heterocycles. The monoisotopic (exact) mass is 332 g/mol. The van der Waals surface area contributed by atoms with Gasteiger partial charge in [-0.15, -0.1) is 0 Å². The lowest BCUT2D eigenvalue weighted by Gasteiger charge is -2.01. The first-order valence-electron chi connectivity index (χ1n) is 5.09. The summed E-state index contributed by atoms with van der Waals surface area (Å²) in [5, 5.41) is 27.3. The average molecular weight is 332 g/mol. The predicted molar refractivity (Wildman–Crippen MR) is 67.3 cm³/mol. The number of ether oxygens (including phenoxy) is 2. The van der Waals surface area contributed by atoms with Crippen molar-refractivity contribution in [1.29, 1.82) is 10.8 Å². The van der Waals surface area contributed by atoms with Crippen LogP contribution in [0.15, 0.2) is 0 Å². The van der Waals surface area contributed by atoms with Crippen LogP contribution >= 0.6 is 0 Å². The van der Waals surface area contributed by atoms with E-state index in [1.54, 1.807) is 0 Å². The van der Waals surface area contributed by atoms with E-state index >= 15 is 0 Å². The van der Waals surface area contributed by atoms with Crippen molar-refractivity contribution in [2.24, 2.45) is 0 Å². The van der Waals surface area contributed by atoms with Gasteiger partial charge in [0.05, 0.1) is 39.6 Å². The number of carbonyl (C=O) groups excluding carboxylic acids is 2. The van der Waals surface area contributed by atoms with Gasteiger partial charge in [-0.25, -0.2) is 20.4 Å². The van der Waals surface area contributed by atoms with Gasteiger partial charge in [0.1, 0.15) is 0 Å². The summed E-state index contributed by atoms with van der Waals surface area (Å²) in [6.45, 7) is 1.73. The fourth-order valence-corrected chi connectivity index (χ4v) is 0.451. The Hall–Kier alpha value is -1.34. The topological polar surface area (TPSA) is 222 Å². The minimum atomic E-state index is -4.61. The van der Waals surface area contributed by atoms with E-state index in [4.69, 9.17) is 59.3 Å². The molecular formula is C8H20N2O10Si. The highest BCUT2D eigenvalue weighted by Crippen LogP contribution is 1.76. The number of hydrogen-bond donors (Lipinski definition) is 8. The minimum absolute atomic E-state index is 0.0417. The standard InChI is InChI=1S/C6H14O4.2CHNO.H4O4Si/c7-1-3-9-5-6-10-4-2-8;2*2-1-3;1-5(2,3)4/h7-8H,1-6H2;2*2H;1-4H. The van der Waals surface area contributed by atoms with Gasteiger partial charge in [0.25, 0.3) is 0 Å². The Kier molecular flexibility index (Phi) is 36.0. The Morgan fingerprint density at radius 1 is 0.762 bits per heavy atom. The summed E-state index contributed by atoms with van der Waals surface area (Å²) >= 11 is 0. The van der Waals surface area contributed by atoms with Crippen LogP contribution in [-0.4, -0.2) is 90.2 Å². The molecule has 0 spiro atoms. The second-order valence-electron chi connectivity index (χ2n) is 2.48. The maximum Gasteiger partial charge on any atom is 0.668 e. The second-order valence-corrected chi connectivity index (χ2v) is 3.68. The van der Waals surface area contributed by atoms with Crippen LogP contribution in [0.4, 0.5) is 0 Å². The Labute approximate surface area is 121 Å². The third-order valence-electron chi connectivity index (χ3n) is 0.843. The van der Waals surface area contributed by atoms with Crippen LogP contribution in [0.5, 0.6) is 0 Å². The summed E-state index contributed by atoms with van der Waals surface area (Å²) in [4.78, 5) is 46.0. The van der Waals surface area contributed by atoms with Crippen molar-refractivity contribution in [3.05, 3.63) is 0 Å². The number of hydrogen-bond acceptors (Lipinski definition) is 12. The molecule has 0 aliphatic carbocycles. The first-order chi connectivity index (χ1) is 9.74. The number of aliphatic hydroxyl groups is 2. The zero-order chi connectivity index (χ0) is 17.6. The van der Waals surface area contributed by atoms with Crippen molar-refractivity contribution in [1.82, 2.24) is 0 Å². The molecule has 21 heavy (non-hydrogen) atoms. The first-order valence-corrected chi connectivity index (χ1v) is 6.88. The molecule has 0 saturated carbocycles. The Balaban J connectivity index is -0.000000110. The van der Waals surface area contributed by atoms with E-state index in [1.807, 2.05) is 0 Å². The molecular weight excluding hydrogens is 312 g/mol. The minimum Gasteiger partial charge on any atom is -0.394 e. The summed E-state index contributed by atoms with van der Waals surface area (Å²) in [6.07, 6.45) is 1.50. The largest absolute Gasteiger partial charge is 0.668 e. The molecule has 0 amide bonds. The molecule has 0 saturated heterocycles. The molecule has 0 bridgehead atoms. The molecule has 0 aromatic rings.